The van der Waals surface area contributed by atoms with E-state index in [4.69, 9.17) is 0 Å². The largest absolute Gasteiger partial charge is 0.322 e. The molecule has 5 heteroatoms. The van der Waals surface area contributed by atoms with Crippen molar-refractivity contribution in [3.05, 3.63) is 70.8 Å². The summed E-state index contributed by atoms with van der Waals surface area (Å²) in [6, 6.07) is 14.1. The predicted octanol–water partition coefficient (Wildman–Crippen LogP) is 2.61. The third-order valence-electron chi connectivity index (χ3n) is 3.53. The summed E-state index contributed by atoms with van der Waals surface area (Å²) in [5.41, 5.74) is 2.54. The van der Waals surface area contributed by atoms with E-state index >= 15 is 0 Å². The molecule has 1 heterocycles. The maximum absolute atomic E-state index is 12.2. The van der Waals surface area contributed by atoms with E-state index in [1.54, 1.807) is 19.1 Å². The Hall–Kier alpha value is -3.21. The Kier molecular flexibility index (Phi) is 3.76. The van der Waals surface area contributed by atoms with Gasteiger partial charge in [0.05, 0.1) is 11.1 Å². The molecule has 0 spiro atoms. The highest BCUT2D eigenvalue weighted by Gasteiger charge is 2.26. The number of nitrogens with one attached hydrogen (secondary N) is 2. The van der Waals surface area contributed by atoms with Crippen molar-refractivity contribution in [2.24, 2.45) is 0 Å². The fourth-order valence-electron chi connectivity index (χ4n) is 2.34. The molecule has 0 unspecified atom stereocenters. The molecule has 5 nitrogen and oxygen atoms in total. The Morgan fingerprint density at radius 3 is 2.43 bits per heavy atom. The molecule has 1 aliphatic heterocycles. The number of rotatable bonds is 3. The molecule has 2 N–H and O–H groups in total. The minimum absolute atomic E-state index is 0.265. The molecule has 0 radical (unpaired) electrons. The van der Waals surface area contributed by atoms with Gasteiger partial charge < -0.3 is 5.32 Å². The first-order chi connectivity index (χ1) is 11.0. The first-order valence-electron chi connectivity index (χ1n) is 7.09. The van der Waals surface area contributed by atoms with Crippen LogP contribution >= 0.6 is 0 Å². The molecule has 23 heavy (non-hydrogen) atoms. The van der Waals surface area contributed by atoms with Crippen LogP contribution in [0.4, 0.5) is 5.69 Å². The number of imide groups is 1. The first-order valence-corrected chi connectivity index (χ1v) is 7.09. The molecule has 3 amide bonds. The van der Waals surface area contributed by atoms with Gasteiger partial charge in [0.15, 0.2) is 0 Å². The molecule has 0 aliphatic carbocycles. The second-order valence-electron chi connectivity index (χ2n) is 5.24. The second kappa shape index (κ2) is 5.88. The Balaban J connectivity index is 1.79. The fraction of sp³-hybridized carbons (Fsp3) is 0.0556. The molecule has 0 saturated heterocycles. The summed E-state index contributed by atoms with van der Waals surface area (Å²) in [6.45, 7) is 1.71. The van der Waals surface area contributed by atoms with Gasteiger partial charge in [-0.05, 0) is 36.8 Å². The summed E-state index contributed by atoms with van der Waals surface area (Å²) in [7, 11) is 0. The molecule has 0 atom stereocenters. The van der Waals surface area contributed by atoms with Crippen molar-refractivity contribution in [1.82, 2.24) is 5.32 Å². The van der Waals surface area contributed by atoms with Gasteiger partial charge in [0.1, 0.15) is 0 Å². The Morgan fingerprint density at radius 2 is 1.70 bits per heavy atom. The van der Waals surface area contributed by atoms with Gasteiger partial charge >= 0.3 is 0 Å². The zero-order valence-electron chi connectivity index (χ0n) is 12.4. The molecule has 1 aliphatic rings. The fourth-order valence-corrected chi connectivity index (χ4v) is 2.34. The van der Waals surface area contributed by atoms with Gasteiger partial charge in [-0.15, -0.1) is 0 Å². The van der Waals surface area contributed by atoms with Crippen LogP contribution in [0.5, 0.6) is 0 Å². The lowest BCUT2D eigenvalue weighted by atomic mass is 10.1. The summed E-state index contributed by atoms with van der Waals surface area (Å²) in [5.74, 6) is -1.13. The topological polar surface area (TPSA) is 75.3 Å². The van der Waals surface area contributed by atoms with E-state index in [0.29, 0.717) is 16.8 Å². The lowest BCUT2D eigenvalue weighted by molar-refractivity contribution is -0.112. The number of hydrogen-bond acceptors (Lipinski definition) is 3. The lowest BCUT2D eigenvalue weighted by Gasteiger charge is -2.06. The van der Waals surface area contributed by atoms with Crippen LogP contribution < -0.4 is 10.6 Å². The van der Waals surface area contributed by atoms with Crippen molar-refractivity contribution in [1.29, 1.82) is 0 Å². The zero-order chi connectivity index (χ0) is 16.4. The van der Waals surface area contributed by atoms with Crippen molar-refractivity contribution in [3.63, 3.8) is 0 Å². The van der Waals surface area contributed by atoms with Gasteiger partial charge in [-0.2, -0.15) is 0 Å². The number of hydrogen-bond donors (Lipinski definition) is 2. The molecule has 0 bridgehead atoms. The van der Waals surface area contributed by atoms with E-state index in [2.05, 4.69) is 10.6 Å². The Labute approximate surface area is 133 Å². The maximum atomic E-state index is 12.2. The Morgan fingerprint density at radius 1 is 1.00 bits per heavy atom. The van der Waals surface area contributed by atoms with Crippen molar-refractivity contribution >= 4 is 29.5 Å². The van der Waals surface area contributed by atoms with Crippen molar-refractivity contribution in [2.45, 2.75) is 6.92 Å². The minimum Gasteiger partial charge on any atom is -0.322 e. The predicted molar refractivity (Wildman–Crippen MR) is 87.0 cm³/mol. The third-order valence-corrected chi connectivity index (χ3v) is 3.53. The molecular weight excluding hydrogens is 292 g/mol. The zero-order valence-corrected chi connectivity index (χ0v) is 12.4. The van der Waals surface area contributed by atoms with Crippen LogP contribution in [-0.2, 0) is 4.79 Å². The smallest absolute Gasteiger partial charge is 0.259 e. The van der Waals surface area contributed by atoms with Crippen LogP contribution in [0.25, 0.3) is 6.08 Å². The van der Waals surface area contributed by atoms with Gasteiger partial charge in [0, 0.05) is 11.3 Å². The highest BCUT2D eigenvalue weighted by molar-refractivity contribution is 6.22. The van der Waals surface area contributed by atoms with Crippen LogP contribution in [0.15, 0.2) is 54.1 Å². The number of benzene rings is 2. The number of fused-ring (bicyclic) bond motifs is 1. The minimum atomic E-state index is -0.447. The van der Waals surface area contributed by atoms with Crippen LogP contribution in [-0.4, -0.2) is 17.7 Å². The van der Waals surface area contributed by atoms with E-state index < -0.39 is 11.8 Å². The first kappa shape index (κ1) is 14.7. The molecule has 2 aromatic carbocycles. The van der Waals surface area contributed by atoms with Gasteiger partial charge in [-0.25, -0.2) is 0 Å². The molecule has 0 fully saturated rings. The van der Waals surface area contributed by atoms with E-state index in [9.17, 15) is 14.4 Å². The SMILES string of the molecule is C/C(=C\c1ccccc1)C(=O)Nc1ccc2c(c1)C(=O)NC2=O. The van der Waals surface area contributed by atoms with E-state index in [-0.39, 0.29) is 11.5 Å². The summed E-state index contributed by atoms with van der Waals surface area (Å²) in [6.07, 6.45) is 1.78. The van der Waals surface area contributed by atoms with Crippen LogP contribution in [0.1, 0.15) is 33.2 Å². The molecular formula is C18H14N2O3. The summed E-state index contributed by atoms with van der Waals surface area (Å²) >= 11 is 0. The molecule has 114 valence electrons. The molecule has 3 rings (SSSR count). The Bertz CT molecular complexity index is 839. The summed E-state index contributed by atoms with van der Waals surface area (Å²) < 4.78 is 0. The molecule has 2 aromatic rings. The van der Waals surface area contributed by atoms with Crippen LogP contribution in [0.3, 0.4) is 0 Å². The van der Waals surface area contributed by atoms with Gasteiger partial charge in [0.2, 0.25) is 0 Å². The van der Waals surface area contributed by atoms with Gasteiger partial charge in [-0.1, -0.05) is 30.3 Å². The quantitative estimate of drug-likeness (QED) is 0.676. The number of carbonyl (C=O) groups excluding carboxylic acids is 3. The van der Waals surface area contributed by atoms with E-state index in [0.717, 1.165) is 5.56 Å². The second-order valence-corrected chi connectivity index (χ2v) is 5.24. The number of amides is 3. The summed E-state index contributed by atoms with van der Waals surface area (Å²) in [5, 5.41) is 4.94. The highest BCUT2D eigenvalue weighted by atomic mass is 16.2. The molecule has 0 saturated carbocycles. The van der Waals surface area contributed by atoms with Crippen LogP contribution in [0.2, 0.25) is 0 Å². The van der Waals surface area contributed by atoms with Gasteiger partial charge in [-0.3, -0.25) is 19.7 Å². The van der Waals surface area contributed by atoms with Crippen LogP contribution in [0, 0.1) is 0 Å². The van der Waals surface area contributed by atoms with Crippen molar-refractivity contribution in [2.75, 3.05) is 5.32 Å². The maximum Gasteiger partial charge on any atom is 0.259 e. The van der Waals surface area contributed by atoms with Gasteiger partial charge in [0.25, 0.3) is 17.7 Å². The lowest BCUT2D eigenvalue weighted by Crippen LogP contribution is -2.19. The van der Waals surface area contributed by atoms with E-state index in [1.807, 2.05) is 30.3 Å². The highest BCUT2D eigenvalue weighted by Crippen LogP contribution is 2.20. The average Bonchev–Trinajstić information content (AvgIpc) is 2.82. The molecule has 0 aromatic heterocycles. The van der Waals surface area contributed by atoms with Crippen molar-refractivity contribution in [3.8, 4) is 0 Å². The summed E-state index contributed by atoms with van der Waals surface area (Å²) in [4.78, 5) is 35.3. The monoisotopic (exact) mass is 306 g/mol. The number of anilines is 1. The number of carbonyl (C=O) groups is 3. The normalized spacial score (nSPS) is 13.5. The average molecular weight is 306 g/mol. The third kappa shape index (κ3) is 3.03. The van der Waals surface area contributed by atoms with Crippen molar-refractivity contribution < 1.29 is 14.4 Å². The van der Waals surface area contributed by atoms with E-state index in [1.165, 1.54) is 12.1 Å². The standard InChI is InChI=1S/C18H14N2O3/c1-11(9-12-5-3-2-4-6-12)16(21)19-13-7-8-14-15(10-13)18(23)20-17(14)22/h2-10H,1H3,(H,19,21)(H,20,22,23)/b11-9+.